The first-order chi connectivity index (χ1) is 24.4. The van der Waals surface area contributed by atoms with E-state index >= 15 is 0 Å². The molecule has 4 heteroatoms. The molecule has 50 heavy (non-hydrogen) atoms. The first-order valence-corrected chi connectivity index (χ1v) is 20.7. The van der Waals surface area contributed by atoms with E-state index in [1.54, 1.807) is 0 Å². The number of hydrogen-bond donors (Lipinski definition) is 2. The molecule has 270 valence electrons. The maximum absolute atomic E-state index is 5.65. The fourth-order valence-corrected chi connectivity index (χ4v) is 9.02. The average molecular weight is 675 g/mol. The summed E-state index contributed by atoms with van der Waals surface area (Å²) in [6.07, 6.45) is 17.3. The molecule has 5 rings (SSSR count). The molecule has 0 atom stereocenters. The summed E-state index contributed by atoms with van der Waals surface area (Å²) in [4.78, 5) is 19.5. The summed E-state index contributed by atoms with van der Waals surface area (Å²) < 4.78 is 0. The van der Waals surface area contributed by atoms with Crippen LogP contribution >= 0.6 is 0 Å². The van der Waals surface area contributed by atoms with E-state index in [2.05, 4.69) is 91.3 Å². The minimum Gasteiger partial charge on any atom is -0.355 e. The Morgan fingerprint density at radius 1 is 0.400 bits per heavy atom. The first-order valence-electron chi connectivity index (χ1n) is 20.7. The molecule has 0 aliphatic carbocycles. The Hall–Kier alpha value is -3.40. The summed E-state index contributed by atoms with van der Waals surface area (Å²) in [7, 11) is 0. The molecular formula is C46H66N4. The van der Waals surface area contributed by atoms with Crippen LogP contribution in [0, 0.1) is 0 Å². The van der Waals surface area contributed by atoms with Crippen molar-refractivity contribution in [2.75, 3.05) is 0 Å². The monoisotopic (exact) mass is 675 g/mol. The van der Waals surface area contributed by atoms with Gasteiger partial charge in [-0.05, 0) is 139 Å². The van der Waals surface area contributed by atoms with E-state index in [9.17, 15) is 0 Å². The summed E-state index contributed by atoms with van der Waals surface area (Å²) in [6, 6.07) is 4.82. The van der Waals surface area contributed by atoms with Gasteiger partial charge in [0, 0.05) is 27.6 Å². The molecule has 0 aromatic carbocycles. The van der Waals surface area contributed by atoms with Crippen molar-refractivity contribution >= 4 is 44.4 Å². The summed E-state index contributed by atoms with van der Waals surface area (Å²) in [5.41, 5.74) is 24.2. The highest BCUT2D eigenvalue weighted by atomic mass is 14.8. The first kappa shape index (κ1) is 37.8. The Morgan fingerprint density at radius 3 is 1.20 bits per heavy atom. The molecule has 2 aliphatic heterocycles. The second kappa shape index (κ2) is 17.2. The molecule has 2 N–H and O–H groups in total. The van der Waals surface area contributed by atoms with E-state index in [4.69, 9.17) is 9.97 Å². The SMILES string of the molecule is CCCCCCc1c2nc(cc3[nH]c(c(CC)c3CC)c(CCCC)c3[nH]c(cc4nc1C(CC)=C4CC)c(CC)c3CC)C(CC)=C2CC. The molecule has 0 saturated carbocycles. The number of unbranched alkanes of at least 4 members (excludes halogenated alkanes) is 4. The van der Waals surface area contributed by atoms with Crippen LogP contribution in [0.15, 0.2) is 12.1 Å². The van der Waals surface area contributed by atoms with Crippen LogP contribution in [0.1, 0.15) is 190 Å². The Bertz CT molecular complexity index is 1780. The lowest BCUT2D eigenvalue weighted by molar-refractivity contribution is 0.664. The van der Waals surface area contributed by atoms with Crippen molar-refractivity contribution in [1.29, 1.82) is 0 Å². The van der Waals surface area contributed by atoms with Crippen molar-refractivity contribution in [2.24, 2.45) is 0 Å². The maximum atomic E-state index is 5.65. The fraction of sp³-hybridized carbons (Fsp3) is 0.565. The number of H-pyrrole nitrogens is 2. The molecule has 8 bridgehead atoms. The van der Waals surface area contributed by atoms with Gasteiger partial charge >= 0.3 is 0 Å². The van der Waals surface area contributed by atoms with Crippen LogP contribution in [0.25, 0.3) is 44.4 Å². The number of nitrogens with one attached hydrogen (secondary N) is 2. The summed E-state index contributed by atoms with van der Waals surface area (Å²) in [5, 5.41) is 0. The number of aromatic amines is 2. The highest BCUT2D eigenvalue weighted by molar-refractivity contribution is 5.98. The van der Waals surface area contributed by atoms with Crippen LogP contribution in [-0.2, 0) is 38.5 Å². The van der Waals surface area contributed by atoms with Gasteiger partial charge in [-0.1, -0.05) is 94.9 Å². The van der Waals surface area contributed by atoms with Crippen LogP contribution in [0.2, 0.25) is 0 Å². The summed E-state index contributed by atoms with van der Waals surface area (Å²) in [6.45, 7) is 23.2. The number of nitrogens with zero attached hydrogens (tertiary/aromatic N) is 2. The molecule has 0 fully saturated rings. The van der Waals surface area contributed by atoms with Crippen LogP contribution in [0.3, 0.4) is 0 Å². The quantitative estimate of drug-likeness (QED) is 0.149. The van der Waals surface area contributed by atoms with Gasteiger partial charge in [0.15, 0.2) is 0 Å². The number of rotatable bonds is 16. The van der Waals surface area contributed by atoms with Gasteiger partial charge in [-0.3, -0.25) is 0 Å². The molecule has 3 aromatic rings. The van der Waals surface area contributed by atoms with E-state index in [0.717, 1.165) is 75.6 Å². The van der Waals surface area contributed by atoms with Gasteiger partial charge in [0.2, 0.25) is 0 Å². The van der Waals surface area contributed by atoms with Crippen molar-refractivity contribution in [2.45, 2.75) is 172 Å². The minimum atomic E-state index is 0.980. The van der Waals surface area contributed by atoms with Crippen molar-refractivity contribution < 1.29 is 0 Å². The highest BCUT2D eigenvalue weighted by Crippen LogP contribution is 2.42. The third kappa shape index (κ3) is 6.93. The van der Waals surface area contributed by atoms with E-state index in [1.165, 1.54) is 128 Å². The molecular weight excluding hydrogens is 609 g/mol. The molecule has 3 aromatic heterocycles. The Balaban J connectivity index is 2.09. The van der Waals surface area contributed by atoms with Crippen LogP contribution in [0.4, 0.5) is 0 Å². The van der Waals surface area contributed by atoms with Crippen LogP contribution in [0.5, 0.6) is 0 Å². The van der Waals surface area contributed by atoms with E-state index in [1.807, 2.05) is 0 Å². The topological polar surface area (TPSA) is 57.4 Å². The Morgan fingerprint density at radius 2 is 0.820 bits per heavy atom. The molecule has 2 aliphatic rings. The van der Waals surface area contributed by atoms with Gasteiger partial charge in [0.05, 0.1) is 22.8 Å². The normalized spacial score (nSPS) is 13.3. The average Bonchev–Trinajstić information content (AvgIpc) is 3.87. The lowest BCUT2D eigenvalue weighted by atomic mass is 9.91. The van der Waals surface area contributed by atoms with E-state index in [-0.39, 0.29) is 0 Å². The third-order valence-corrected chi connectivity index (χ3v) is 11.5. The summed E-state index contributed by atoms with van der Waals surface area (Å²) in [5.74, 6) is 0. The van der Waals surface area contributed by atoms with Gasteiger partial charge in [-0.2, -0.15) is 0 Å². The van der Waals surface area contributed by atoms with E-state index < -0.39 is 0 Å². The van der Waals surface area contributed by atoms with Crippen molar-refractivity contribution in [3.8, 4) is 0 Å². The Labute approximate surface area is 303 Å². The van der Waals surface area contributed by atoms with E-state index in [0.29, 0.717) is 0 Å². The predicted molar refractivity (Wildman–Crippen MR) is 220 cm³/mol. The minimum absolute atomic E-state index is 0.980. The molecule has 0 unspecified atom stereocenters. The maximum Gasteiger partial charge on any atom is 0.0726 e. The third-order valence-electron chi connectivity index (χ3n) is 11.5. The summed E-state index contributed by atoms with van der Waals surface area (Å²) >= 11 is 0. The second-order valence-electron chi connectivity index (χ2n) is 14.3. The standard InChI is InChI=1S/C46H66N4/c1-11-21-23-24-26-38-45-35(19-9)31(15-5)41(49-45)27-39-29(13-3)33(17-7)43(47-39)37(25-22-12-2)44-34(18-8)30(14-4)40(48-44)28-42-32(16-6)36(20-10)46(38)50-42/h27-28,47-48H,11-26H2,1-10H3. The smallest absolute Gasteiger partial charge is 0.0726 e. The van der Waals surface area contributed by atoms with Gasteiger partial charge in [-0.15, -0.1) is 0 Å². The molecule has 4 nitrogen and oxygen atoms in total. The zero-order valence-corrected chi connectivity index (χ0v) is 33.4. The number of aryl methyl sites for hydroxylation is 5. The molecule has 0 spiro atoms. The van der Waals surface area contributed by atoms with Gasteiger partial charge < -0.3 is 9.97 Å². The second-order valence-corrected chi connectivity index (χ2v) is 14.3. The fourth-order valence-electron chi connectivity index (χ4n) is 9.02. The molecule has 5 heterocycles. The van der Waals surface area contributed by atoms with Crippen LogP contribution < -0.4 is 0 Å². The number of hydrogen-bond acceptors (Lipinski definition) is 2. The van der Waals surface area contributed by atoms with Crippen molar-refractivity contribution in [3.05, 3.63) is 68.3 Å². The number of fused-ring (bicyclic) bond motifs is 8. The predicted octanol–water partition coefficient (Wildman–Crippen LogP) is 13.5. The zero-order chi connectivity index (χ0) is 35.9. The van der Waals surface area contributed by atoms with Crippen LogP contribution in [-0.4, -0.2) is 19.9 Å². The van der Waals surface area contributed by atoms with Gasteiger partial charge in [0.1, 0.15) is 0 Å². The Kier molecular flexibility index (Phi) is 13.0. The molecule has 0 radical (unpaired) electrons. The number of aromatic nitrogens is 4. The number of allylic oxidation sites excluding steroid dienone is 4. The highest BCUT2D eigenvalue weighted by Gasteiger charge is 2.27. The molecule has 0 amide bonds. The zero-order valence-electron chi connectivity index (χ0n) is 33.4. The van der Waals surface area contributed by atoms with Crippen molar-refractivity contribution in [3.63, 3.8) is 0 Å². The lowest BCUT2D eigenvalue weighted by Gasteiger charge is -2.12. The molecule has 0 saturated heterocycles. The largest absolute Gasteiger partial charge is 0.355 e. The van der Waals surface area contributed by atoms with Crippen molar-refractivity contribution in [1.82, 2.24) is 19.9 Å². The van der Waals surface area contributed by atoms with Gasteiger partial charge in [0.25, 0.3) is 0 Å². The van der Waals surface area contributed by atoms with Gasteiger partial charge in [-0.25, -0.2) is 9.97 Å². The lowest BCUT2D eigenvalue weighted by Crippen LogP contribution is -2.00.